The van der Waals surface area contributed by atoms with Crippen LogP contribution < -0.4 is 5.32 Å². The maximum atomic E-state index is 11.4. The first-order valence-corrected chi connectivity index (χ1v) is 7.20. The lowest BCUT2D eigenvalue weighted by Gasteiger charge is -1.97. The van der Waals surface area contributed by atoms with Crippen molar-refractivity contribution in [3.8, 4) is 0 Å². The average molecular weight is 342 g/mol. The smallest absolute Gasteiger partial charge is 0.290 e. The summed E-state index contributed by atoms with van der Waals surface area (Å²) >= 11 is 12.3. The van der Waals surface area contributed by atoms with E-state index in [0.29, 0.717) is 17.1 Å². The molecule has 4 nitrogen and oxygen atoms in total. The fourth-order valence-electron chi connectivity index (χ4n) is 1.46. The Morgan fingerprint density at radius 1 is 1.29 bits per heavy atom. The summed E-state index contributed by atoms with van der Waals surface area (Å²) in [4.78, 5) is 22.7. The lowest BCUT2D eigenvalue weighted by Crippen LogP contribution is -2.17. The van der Waals surface area contributed by atoms with E-state index in [-0.39, 0.29) is 15.0 Å². The molecule has 0 aromatic carbocycles. The van der Waals surface area contributed by atoms with E-state index in [2.05, 4.69) is 18.5 Å². The molecule has 2 amide bonds. The quantitative estimate of drug-likeness (QED) is 0.647. The Hall–Kier alpha value is -1.69. The molecule has 108 valence electrons. The largest absolute Gasteiger partial charge is 0.457 e. The van der Waals surface area contributed by atoms with Gasteiger partial charge in [0.05, 0.1) is 15.0 Å². The molecule has 1 aliphatic rings. The van der Waals surface area contributed by atoms with Crippen molar-refractivity contribution in [2.75, 3.05) is 0 Å². The molecule has 0 bridgehead atoms. The number of halogens is 2. The van der Waals surface area contributed by atoms with Gasteiger partial charge in [-0.1, -0.05) is 36.4 Å². The average Bonchev–Trinajstić information content (AvgIpc) is 2.97. The van der Waals surface area contributed by atoms with Gasteiger partial charge >= 0.3 is 0 Å². The molecular weight excluding hydrogens is 333 g/mol. The normalized spacial score (nSPS) is 17.2. The lowest BCUT2D eigenvalue weighted by atomic mass is 10.2. The molecule has 1 saturated heterocycles. The summed E-state index contributed by atoms with van der Waals surface area (Å²) in [6, 6.07) is 3.33. The Bertz CT molecular complexity index is 716. The number of hydrogen-bond donors (Lipinski definition) is 1. The van der Waals surface area contributed by atoms with Gasteiger partial charge in [-0.3, -0.25) is 14.9 Å². The molecule has 0 aliphatic carbocycles. The molecule has 0 saturated carbocycles. The summed E-state index contributed by atoms with van der Waals surface area (Å²) in [6.07, 6.45) is 3.00. The van der Waals surface area contributed by atoms with Crippen LogP contribution in [0.1, 0.15) is 11.5 Å². The highest BCUT2D eigenvalue weighted by atomic mass is 35.5. The number of imide groups is 1. The lowest BCUT2D eigenvalue weighted by molar-refractivity contribution is -0.115. The van der Waals surface area contributed by atoms with Crippen molar-refractivity contribution in [1.82, 2.24) is 5.32 Å². The number of allylic oxidation sites excluding steroid dienone is 4. The monoisotopic (exact) mass is 341 g/mol. The van der Waals surface area contributed by atoms with Gasteiger partial charge in [0.15, 0.2) is 0 Å². The highest BCUT2D eigenvalue weighted by molar-refractivity contribution is 8.18. The third-order valence-corrected chi connectivity index (χ3v) is 3.87. The van der Waals surface area contributed by atoms with Gasteiger partial charge in [0.2, 0.25) is 0 Å². The van der Waals surface area contributed by atoms with Crippen LogP contribution in [0.4, 0.5) is 4.79 Å². The van der Waals surface area contributed by atoms with E-state index in [4.69, 9.17) is 27.6 Å². The number of hydrogen-bond acceptors (Lipinski definition) is 4. The van der Waals surface area contributed by atoms with Crippen molar-refractivity contribution in [3.63, 3.8) is 0 Å². The standard InChI is InChI=1S/C14H9Cl2NO3S/c1-7(5-10(16)8(2)15)11-4-3-9(20-11)6-12-13(18)17-14(19)21-12/h3-6H,1-2H2,(H,17,18,19)/b10-5+,12-6+. The Kier molecular flexibility index (Phi) is 4.77. The van der Waals surface area contributed by atoms with E-state index in [0.717, 1.165) is 11.8 Å². The first-order chi connectivity index (χ1) is 9.86. The number of carbonyl (C=O) groups is 2. The van der Waals surface area contributed by atoms with Gasteiger partial charge in [0, 0.05) is 11.6 Å². The van der Waals surface area contributed by atoms with Crippen LogP contribution in [0.3, 0.4) is 0 Å². The number of furan rings is 1. The molecule has 1 aliphatic heterocycles. The second-order valence-electron chi connectivity index (χ2n) is 3.98. The first-order valence-electron chi connectivity index (χ1n) is 5.63. The zero-order chi connectivity index (χ0) is 15.6. The summed E-state index contributed by atoms with van der Waals surface area (Å²) < 4.78 is 5.52. The topological polar surface area (TPSA) is 59.3 Å². The van der Waals surface area contributed by atoms with Crippen molar-refractivity contribution in [2.24, 2.45) is 0 Å². The summed E-state index contributed by atoms with van der Waals surface area (Å²) in [5, 5.41) is 2.21. The molecule has 1 aromatic heterocycles. The molecule has 1 aromatic rings. The zero-order valence-electron chi connectivity index (χ0n) is 10.6. The van der Waals surface area contributed by atoms with E-state index in [1.165, 1.54) is 12.2 Å². The highest BCUT2D eigenvalue weighted by Crippen LogP contribution is 2.28. The molecule has 1 N–H and O–H groups in total. The number of amides is 2. The third kappa shape index (κ3) is 3.91. The fourth-order valence-corrected chi connectivity index (χ4v) is 2.30. The van der Waals surface area contributed by atoms with Crippen molar-refractivity contribution >= 4 is 57.8 Å². The van der Waals surface area contributed by atoms with Crippen molar-refractivity contribution < 1.29 is 14.0 Å². The van der Waals surface area contributed by atoms with Crippen LogP contribution in [0.25, 0.3) is 11.6 Å². The van der Waals surface area contributed by atoms with Gasteiger partial charge < -0.3 is 4.42 Å². The van der Waals surface area contributed by atoms with E-state index in [1.54, 1.807) is 12.1 Å². The predicted molar refractivity (Wildman–Crippen MR) is 85.8 cm³/mol. The van der Waals surface area contributed by atoms with Gasteiger partial charge in [0.25, 0.3) is 11.1 Å². The number of carbonyl (C=O) groups excluding carboxylic acids is 2. The predicted octanol–water partition coefficient (Wildman–Crippen LogP) is 4.49. The van der Waals surface area contributed by atoms with Crippen LogP contribution in [-0.2, 0) is 4.79 Å². The van der Waals surface area contributed by atoms with Crippen molar-refractivity contribution in [1.29, 1.82) is 0 Å². The molecule has 0 unspecified atom stereocenters. The maximum Gasteiger partial charge on any atom is 0.290 e. The van der Waals surface area contributed by atoms with Crippen LogP contribution >= 0.6 is 35.0 Å². The summed E-state index contributed by atoms with van der Waals surface area (Å²) in [6.45, 7) is 7.30. The van der Waals surface area contributed by atoms with Crippen LogP contribution in [-0.4, -0.2) is 11.1 Å². The van der Waals surface area contributed by atoms with Crippen molar-refractivity contribution in [3.05, 3.63) is 57.9 Å². The zero-order valence-corrected chi connectivity index (χ0v) is 12.9. The molecule has 0 radical (unpaired) electrons. The molecule has 7 heteroatoms. The summed E-state index contributed by atoms with van der Waals surface area (Å²) in [5.41, 5.74) is 0.506. The second kappa shape index (κ2) is 6.39. The van der Waals surface area contributed by atoms with Gasteiger partial charge in [-0.15, -0.1) is 0 Å². The van der Waals surface area contributed by atoms with E-state index < -0.39 is 11.1 Å². The van der Waals surface area contributed by atoms with E-state index in [9.17, 15) is 9.59 Å². The minimum absolute atomic E-state index is 0.198. The molecule has 1 fully saturated rings. The van der Waals surface area contributed by atoms with Gasteiger partial charge in [-0.25, -0.2) is 0 Å². The minimum atomic E-state index is -0.442. The van der Waals surface area contributed by atoms with Gasteiger partial charge in [0.1, 0.15) is 11.5 Å². The molecule has 2 heterocycles. The highest BCUT2D eigenvalue weighted by Gasteiger charge is 2.25. The third-order valence-electron chi connectivity index (χ3n) is 2.42. The van der Waals surface area contributed by atoms with Crippen LogP contribution in [0.2, 0.25) is 0 Å². The number of rotatable bonds is 4. The molecule has 0 atom stereocenters. The number of thioether (sulfide) groups is 1. The Morgan fingerprint density at radius 3 is 2.57 bits per heavy atom. The molecule has 0 spiro atoms. The summed E-state index contributed by atoms with van der Waals surface area (Å²) in [7, 11) is 0. The second-order valence-corrected chi connectivity index (χ2v) is 5.85. The molecular formula is C14H9Cl2NO3S. The van der Waals surface area contributed by atoms with Crippen LogP contribution in [0, 0.1) is 0 Å². The SMILES string of the molecule is C=C(Cl)/C(Cl)=C\C(=C)c1ccc(/C=C2/SC(=O)NC2=O)o1. The number of nitrogens with one attached hydrogen (secondary N) is 1. The van der Waals surface area contributed by atoms with Gasteiger partial charge in [-0.05, 0) is 30.0 Å². The summed E-state index contributed by atoms with van der Waals surface area (Å²) in [5.74, 6) is 0.448. The fraction of sp³-hybridized carbons (Fsp3) is 0. The van der Waals surface area contributed by atoms with Crippen LogP contribution in [0.15, 0.2) is 50.8 Å². The van der Waals surface area contributed by atoms with Crippen LogP contribution in [0.5, 0.6) is 0 Å². The Balaban J connectivity index is 2.19. The Labute approximate surface area is 135 Å². The van der Waals surface area contributed by atoms with Gasteiger partial charge in [-0.2, -0.15) is 0 Å². The Morgan fingerprint density at radius 2 is 2.00 bits per heavy atom. The first kappa shape index (κ1) is 15.7. The minimum Gasteiger partial charge on any atom is -0.457 e. The van der Waals surface area contributed by atoms with Crippen molar-refractivity contribution in [2.45, 2.75) is 0 Å². The molecule has 21 heavy (non-hydrogen) atoms. The maximum absolute atomic E-state index is 11.4. The van der Waals surface area contributed by atoms with E-state index >= 15 is 0 Å². The van der Waals surface area contributed by atoms with E-state index in [1.807, 2.05) is 0 Å². The molecule has 2 rings (SSSR count).